The number of rotatable bonds is 6. The van der Waals surface area contributed by atoms with Crippen LogP contribution in [0.5, 0.6) is 0 Å². The van der Waals surface area contributed by atoms with Gasteiger partial charge in [-0.15, -0.1) is 11.8 Å². The van der Waals surface area contributed by atoms with E-state index in [4.69, 9.17) is 11.6 Å². The summed E-state index contributed by atoms with van der Waals surface area (Å²) >= 11 is 7.14. The average molecular weight is 348 g/mol. The van der Waals surface area contributed by atoms with Crippen molar-refractivity contribution in [2.45, 2.75) is 37.3 Å². The molecule has 1 rings (SSSR count). The van der Waals surface area contributed by atoms with Crippen LogP contribution in [0.15, 0.2) is 17.0 Å². The lowest BCUT2D eigenvalue weighted by atomic mass is 10.1. The number of carbonyl (C=O) groups excluding carboxylic acids is 2. The number of esters is 1. The number of benzene rings is 1. The monoisotopic (exact) mass is 347 g/mol. The number of hydrogen-bond acceptors (Lipinski definition) is 4. The maximum absolute atomic E-state index is 13.9. The molecule has 0 aliphatic carbocycles. The number of thioether (sulfide) groups is 1. The lowest BCUT2D eigenvalue weighted by Crippen LogP contribution is -2.20. The first-order valence-corrected chi connectivity index (χ1v) is 8.10. The summed E-state index contributed by atoms with van der Waals surface area (Å²) < 4.78 is 18.6. The molecule has 122 valence electrons. The van der Waals surface area contributed by atoms with Crippen molar-refractivity contribution in [1.82, 2.24) is 0 Å². The minimum Gasteiger partial charge on any atom is -0.468 e. The molecule has 0 saturated carbocycles. The first kappa shape index (κ1) is 18.8. The Labute approximate surface area is 138 Å². The van der Waals surface area contributed by atoms with Gasteiger partial charge in [0.05, 0.1) is 17.8 Å². The van der Waals surface area contributed by atoms with E-state index in [-0.39, 0.29) is 22.5 Å². The topological polar surface area (TPSA) is 55.4 Å². The summed E-state index contributed by atoms with van der Waals surface area (Å²) in [5.74, 6) is -1.51. The number of methoxy groups -OCH3 is 1. The number of ether oxygens (including phenoxy) is 1. The zero-order chi connectivity index (χ0) is 16.9. The van der Waals surface area contributed by atoms with Crippen LogP contribution in [0, 0.1) is 11.7 Å². The highest BCUT2D eigenvalue weighted by molar-refractivity contribution is 8.00. The molecular formula is C15H19ClFNO3S. The number of hydrogen-bond donors (Lipinski definition) is 1. The molecule has 0 aromatic heterocycles. The van der Waals surface area contributed by atoms with Gasteiger partial charge in [-0.05, 0) is 25.5 Å². The van der Waals surface area contributed by atoms with E-state index in [1.165, 1.54) is 13.2 Å². The minimum atomic E-state index is -0.614. The molecule has 0 spiro atoms. The van der Waals surface area contributed by atoms with Crippen LogP contribution < -0.4 is 5.32 Å². The van der Waals surface area contributed by atoms with Gasteiger partial charge in [0.25, 0.3) is 0 Å². The van der Waals surface area contributed by atoms with Crippen LogP contribution in [0.1, 0.15) is 27.2 Å². The fourth-order valence-electron chi connectivity index (χ4n) is 1.56. The summed E-state index contributed by atoms with van der Waals surface area (Å²) in [7, 11) is 1.30. The van der Waals surface area contributed by atoms with E-state index >= 15 is 0 Å². The molecular weight excluding hydrogens is 329 g/mol. The third-order valence-electron chi connectivity index (χ3n) is 3.18. The molecule has 1 aromatic carbocycles. The zero-order valence-electron chi connectivity index (χ0n) is 12.9. The summed E-state index contributed by atoms with van der Waals surface area (Å²) in [4.78, 5) is 23.8. The molecule has 1 N–H and O–H groups in total. The van der Waals surface area contributed by atoms with Gasteiger partial charge in [-0.2, -0.15) is 0 Å². The summed E-state index contributed by atoms with van der Waals surface area (Å²) in [5, 5.41) is 2.23. The van der Waals surface area contributed by atoms with Crippen LogP contribution in [-0.2, 0) is 14.3 Å². The second kappa shape index (κ2) is 8.39. The summed E-state index contributed by atoms with van der Waals surface area (Å²) in [6.45, 7) is 5.30. The van der Waals surface area contributed by atoms with Gasteiger partial charge in [0.2, 0.25) is 5.91 Å². The molecule has 0 bridgehead atoms. The third kappa shape index (κ3) is 4.88. The molecule has 7 heteroatoms. The van der Waals surface area contributed by atoms with Crippen LogP contribution in [0.3, 0.4) is 0 Å². The molecule has 2 unspecified atom stereocenters. The summed E-state index contributed by atoms with van der Waals surface area (Å²) in [5.41, 5.74) is 0.0502. The number of nitrogens with one attached hydrogen (secondary N) is 1. The Morgan fingerprint density at radius 3 is 2.59 bits per heavy atom. The zero-order valence-corrected chi connectivity index (χ0v) is 14.5. The minimum absolute atomic E-state index is 0.0502. The molecule has 0 aliphatic heterocycles. The molecule has 0 fully saturated rings. The van der Waals surface area contributed by atoms with Gasteiger partial charge in [-0.3, -0.25) is 9.59 Å². The van der Waals surface area contributed by atoms with Gasteiger partial charge in [0.15, 0.2) is 0 Å². The maximum atomic E-state index is 13.9. The van der Waals surface area contributed by atoms with E-state index in [9.17, 15) is 14.0 Å². The predicted molar refractivity (Wildman–Crippen MR) is 86.8 cm³/mol. The number of carbonyl (C=O) groups is 2. The van der Waals surface area contributed by atoms with E-state index < -0.39 is 17.0 Å². The maximum Gasteiger partial charge on any atom is 0.318 e. The van der Waals surface area contributed by atoms with Gasteiger partial charge in [0, 0.05) is 10.8 Å². The van der Waals surface area contributed by atoms with Crippen LogP contribution in [0.4, 0.5) is 10.1 Å². The highest BCUT2D eigenvalue weighted by atomic mass is 35.5. The molecule has 0 saturated heterocycles. The van der Waals surface area contributed by atoms with Crippen molar-refractivity contribution in [3.05, 3.63) is 23.0 Å². The Kier molecular flexibility index (Phi) is 7.16. The Bertz CT molecular complexity index is 568. The lowest BCUT2D eigenvalue weighted by molar-refractivity contribution is -0.139. The highest BCUT2D eigenvalue weighted by Gasteiger charge is 2.19. The van der Waals surface area contributed by atoms with Crippen molar-refractivity contribution in [3.8, 4) is 0 Å². The molecule has 0 aliphatic rings. The van der Waals surface area contributed by atoms with E-state index in [0.717, 1.165) is 17.8 Å². The lowest BCUT2D eigenvalue weighted by Gasteiger charge is -2.14. The fourth-order valence-corrected chi connectivity index (χ4v) is 2.78. The fraction of sp³-hybridized carbons (Fsp3) is 0.467. The largest absolute Gasteiger partial charge is 0.468 e. The Morgan fingerprint density at radius 1 is 1.41 bits per heavy atom. The number of amides is 1. The van der Waals surface area contributed by atoms with Gasteiger partial charge < -0.3 is 10.1 Å². The molecule has 22 heavy (non-hydrogen) atoms. The third-order valence-corrected chi connectivity index (χ3v) is 4.74. The van der Waals surface area contributed by atoms with Crippen LogP contribution >= 0.6 is 23.4 Å². The van der Waals surface area contributed by atoms with Crippen molar-refractivity contribution in [2.24, 2.45) is 5.92 Å². The Morgan fingerprint density at radius 2 is 2.05 bits per heavy atom. The SMILES string of the molecule is CCC(C)C(=O)Nc1cc(SC(C)C(=O)OC)c(Cl)cc1F. The van der Waals surface area contributed by atoms with Crippen molar-refractivity contribution in [3.63, 3.8) is 0 Å². The second-order valence-corrected chi connectivity index (χ2v) is 6.63. The molecule has 0 heterocycles. The van der Waals surface area contributed by atoms with Crippen molar-refractivity contribution in [1.29, 1.82) is 0 Å². The normalized spacial score (nSPS) is 13.4. The first-order chi connectivity index (χ1) is 10.3. The van der Waals surface area contributed by atoms with Crippen LogP contribution in [0.25, 0.3) is 0 Å². The first-order valence-electron chi connectivity index (χ1n) is 6.84. The molecule has 1 amide bonds. The van der Waals surface area contributed by atoms with Crippen molar-refractivity contribution >= 4 is 40.9 Å². The van der Waals surface area contributed by atoms with Gasteiger partial charge >= 0.3 is 5.97 Å². The van der Waals surface area contributed by atoms with Gasteiger partial charge in [-0.25, -0.2) is 4.39 Å². The standard InChI is InChI=1S/C15H19ClFNO3S/c1-5-8(2)14(19)18-12-7-13(10(16)6-11(12)17)22-9(3)15(20)21-4/h6-9H,5H2,1-4H3,(H,18,19). The Balaban J connectivity index is 2.99. The van der Waals surface area contributed by atoms with E-state index in [2.05, 4.69) is 10.1 Å². The molecule has 0 radical (unpaired) electrons. The Hall–Kier alpha value is -1.27. The molecule has 2 atom stereocenters. The van der Waals surface area contributed by atoms with E-state index in [1.54, 1.807) is 13.8 Å². The van der Waals surface area contributed by atoms with Crippen LogP contribution in [0.2, 0.25) is 5.02 Å². The molecule has 4 nitrogen and oxygen atoms in total. The van der Waals surface area contributed by atoms with Gasteiger partial charge in [-0.1, -0.05) is 25.4 Å². The summed E-state index contributed by atoms with van der Waals surface area (Å²) in [6.07, 6.45) is 0.655. The van der Waals surface area contributed by atoms with Gasteiger partial charge in [0.1, 0.15) is 11.1 Å². The smallest absolute Gasteiger partial charge is 0.318 e. The van der Waals surface area contributed by atoms with Crippen LogP contribution in [-0.4, -0.2) is 24.2 Å². The number of anilines is 1. The summed E-state index contributed by atoms with van der Waals surface area (Å²) in [6, 6.07) is 2.56. The number of halogens is 2. The van der Waals surface area contributed by atoms with Crippen molar-refractivity contribution in [2.75, 3.05) is 12.4 Å². The predicted octanol–water partition coefficient (Wildman–Crippen LogP) is 4.12. The quantitative estimate of drug-likeness (QED) is 0.621. The second-order valence-electron chi connectivity index (χ2n) is 4.84. The van der Waals surface area contributed by atoms with E-state index in [1.807, 2.05) is 6.92 Å². The molecule has 1 aromatic rings. The average Bonchev–Trinajstić information content (AvgIpc) is 2.49. The van der Waals surface area contributed by atoms with E-state index in [0.29, 0.717) is 11.3 Å². The van der Waals surface area contributed by atoms with Crippen molar-refractivity contribution < 1.29 is 18.7 Å². The highest BCUT2D eigenvalue weighted by Crippen LogP contribution is 2.34.